The number of fused-ring (bicyclic) bond motifs is 1. The van der Waals surface area contributed by atoms with Crippen molar-refractivity contribution < 1.29 is 9.47 Å². The lowest BCUT2D eigenvalue weighted by Crippen LogP contribution is -2.15. The molecule has 1 aliphatic heterocycles. The predicted molar refractivity (Wildman–Crippen MR) is 74.7 cm³/mol. The molecule has 0 amide bonds. The molecule has 1 aromatic heterocycles. The van der Waals surface area contributed by atoms with Gasteiger partial charge in [-0.3, -0.25) is 0 Å². The number of nitrogens with one attached hydrogen (secondary N) is 1. The summed E-state index contributed by atoms with van der Waals surface area (Å²) in [6, 6.07) is 5.92. The normalized spacial score (nSPS) is 13.3. The van der Waals surface area contributed by atoms with Crippen molar-refractivity contribution in [3.8, 4) is 11.5 Å². The number of rotatable bonds is 4. The third kappa shape index (κ3) is 2.75. The molecule has 1 aliphatic rings. The van der Waals surface area contributed by atoms with E-state index < -0.39 is 0 Å². The van der Waals surface area contributed by atoms with Crippen molar-refractivity contribution in [2.24, 2.45) is 5.84 Å². The summed E-state index contributed by atoms with van der Waals surface area (Å²) < 4.78 is 14.9. The molecule has 6 nitrogen and oxygen atoms in total. The summed E-state index contributed by atoms with van der Waals surface area (Å²) in [5.74, 6) is 7.69. The van der Waals surface area contributed by atoms with Gasteiger partial charge in [-0.15, -0.1) is 16.9 Å². The fraction of sp³-hybridized carbons (Fsp3) is 0.273. The van der Waals surface area contributed by atoms with Crippen molar-refractivity contribution in [1.29, 1.82) is 0 Å². The molecule has 0 atom stereocenters. The molecule has 0 aliphatic carbocycles. The fourth-order valence-corrected chi connectivity index (χ4v) is 3.12. The Labute approximate surface area is 118 Å². The van der Waals surface area contributed by atoms with E-state index in [1.54, 1.807) is 11.8 Å². The summed E-state index contributed by atoms with van der Waals surface area (Å²) in [5.41, 5.74) is 3.45. The Hall–Kier alpha value is -1.51. The third-order valence-corrected chi connectivity index (χ3v) is 4.28. The van der Waals surface area contributed by atoms with E-state index in [2.05, 4.69) is 15.0 Å². The number of nitrogens with two attached hydrogens (primary N) is 1. The van der Waals surface area contributed by atoms with E-state index in [9.17, 15) is 0 Å². The largest absolute Gasteiger partial charge is 0.486 e. The van der Waals surface area contributed by atoms with E-state index >= 15 is 0 Å². The molecule has 0 radical (unpaired) electrons. The monoisotopic (exact) mass is 296 g/mol. The van der Waals surface area contributed by atoms with Crippen molar-refractivity contribution in [2.45, 2.75) is 10.6 Å². The molecular weight excluding hydrogens is 284 g/mol. The van der Waals surface area contributed by atoms with Crippen molar-refractivity contribution in [2.75, 3.05) is 18.6 Å². The van der Waals surface area contributed by atoms with E-state index in [1.807, 2.05) is 18.2 Å². The van der Waals surface area contributed by atoms with Crippen LogP contribution in [0.2, 0.25) is 0 Å². The van der Waals surface area contributed by atoms with Crippen LogP contribution in [0.3, 0.4) is 0 Å². The van der Waals surface area contributed by atoms with Gasteiger partial charge in [0.1, 0.15) is 23.9 Å². The molecule has 0 saturated carbocycles. The van der Waals surface area contributed by atoms with Crippen LogP contribution in [0.25, 0.3) is 0 Å². The van der Waals surface area contributed by atoms with Gasteiger partial charge in [0.15, 0.2) is 11.5 Å². The maximum absolute atomic E-state index is 5.55. The van der Waals surface area contributed by atoms with Crippen molar-refractivity contribution in [3.05, 3.63) is 23.9 Å². The van der Waals surface area contributed by atoms with Crippen molar-refractivity contribution >= 4 is 28.3 Å². The highest BCUT2D eigenvalue weighted by Crippen LogP contribution is 2.35. The first-order valence-electron chi connectivity index (χ1n) is 5.67. The molecule has 0 fully saturated rings. The second-order valence-electron chi connectivity index (χ2n) is 3.79. The molecule has 0 unspecified atom stereocenters. The number of thioether (sulfide) groups is 1. The Morgan fingerprint density at radius 2 is 2.16 bits per heavy atom. The first kappa shape index (κ1) is 12.5. The van der Waals surface area contributed by atoms with Gasteiger partial charge >= 0.3 is 0 Å². The van der Waals surface area contributed by atoms with E-state index in [1.165, 1.54) is 11.5 Å². The van der Waals surface area contributed by atoms with Crippen LogP contribution in [0.15, 0.2) is 23.1 Å². The van der Waals surface area contributed by atoms with Crippen LogP contribution in [0.5, 0.6) is 11.5 Å². The van der Waals surface area contributed by atoms with Gasteiger partial charge in [0, 0.05) is 22.2 Å². The number of nitrogen functional groups attached to an aromatic ring is 1. The van der Waals surface area contributed by atoms with Gasteiger partial charge in [-0.25, -0.2) is 5.84 Å². The van der Waals surface area contributed by atoms with E-state index in [-0.39, 0.29) is 0 Å². The van der Waals surface area contributed by atoms with Crippen LogP contribution in [0, 0.1) is 0 Å². The number of ether oxygens (including phenoxy) is 2. The minimum absolute atomic E-state index is 0.596. The molecule has 2 aromatic rings. The van der Waals surface area contributed by atoms with Crippen LogP contribution in [0.4, 0.5) is 5.00 Å². The summed E-state index contributed by atoms with van der Waals surface area (Å²) in [6.07, 6.45) is 0. The van der Waals surface area contributed by atoms with Gasteiger partial charge < -0.3 is 14.9 Å². The number of benzene rings is 1. The first-order chi connectivity index (χ1) is 9.36. The van der Waals surface area contributed by atoms with Crippen molar-refractivity contribution in [3.63, 3.8) is 0 Å². The lowest BCUT2D eigenvalue weighted by Gasteiger charge is -2.18. The van der Waals surface area contributed by atoms with Gasteiger partial charge in [0.2, 0.25) is 0 Å². The maximum Gasteiger partial charge on any atom is 0.162 e. The van der Waals surface area contributed by atoms with Gasteiger partial charge in [-0.1, -0.05) is 4.49 Å². The molecule has 3 rings (SSSR count). The van der Waals surface area contributed by atoms with Crippen molar-refractivity contribution in [1.82, 2.24) is 9.59 Å². The second-order valence-corrected chi connectivity index (χ2v) is 5.59. The van der Waals surface area contributed by atoms with Crippen LogP contribution < -0.4 is 20.7 Å². The quantitative estimate of drug-likeness (QED) is 0.506. The van der Waals surface area contributed by atoms with E-state index in [4.69, 9.17) is 15.3 Å². The number of aromatic nitrogens is 2. The first-order valence-corrected chi connectivity index (χ1v) is 7.43. The molecule has 3 N–H and O–H groups in total. The summed E-state index contributed by atoms with van der Waals surface area (Å²) in [4.78, 5) is 1.10. The van der Waals surface area contributed by atoms with Gasteiger partial charge in [-0.05, 0) is 18.2 Å². The van der Waals surface area contributed by atoms with Crippen LogP contribution in [-0.2, 0) is 5.75 Å². The Morgan fingerprint density at radius 3 is 3.00 bits per heavy atom. The molecule has 0 saturated heterocycles. The van der Waals surface area contributed by atoms with Crippen LogP contribution >= 0.6 is 23.3 Å². The molecule has 0 spiro atoms. The highest BCUT2D eigenvalue weighted by molar-refractivity contribution is 7.98. The Morgan fingerprint density at radius 1 is 1.32 bits per heavy atom. The number of hydrazine groups is 1. The molecule has 8 heteroatoms. The summed E-state index contributed by atoms with van der Waals surface area (Å²) in [6.45, 7) is 1.20. The maximum atomic E-state index is 5.55. The minimum atomic E-state index is 0.596. The zero-order chi connectivity index (χ0) is 13.1. The standard InChI is InChI=1S/C11H12N4O2S2/c12-13-11-8(14-15-19-11)6-18-7-1-2-9-10(5-7)17-4-3-16-9/h1-2,5,13H,3-4,6,12H2. The Bertz CT molecular complexity index is 576. The number of hydrogen-bond acceptors (Lipinski definition) is 8. The van der Waals surface area contributed by atoms with Gasteiger partial charge in [-0.2, -0.15) is 0 Å². The molecule has 19 heavy (non-hydrogen) atoms. The fourth-order valence-electron chi connectivity index (χ4n) is 1.68. The molecular formula is C11H12N4O2S2. The molecule has 100 valence electrons. The smallest absolute Gasteiger partial charge is 0.162 e. The van der Waals surface area contributed by atoms with Gasteiger partial charge in [0.05, 0.1) is 0 Å². The number of nitrogens with zero attached hydrogens (tertiary/aromatic N) is 2. The predicted octanol–water partition coefficient (Wildman–Crippen LogP) is 1.89. The Balaban J connectivity index is 1.70. The average molecular weight is 296 g/mol. The molecule has 0 bridgehead atoms. The lowest BCUT2D eigenvalue weighted by atomic mass is 10.3. The van der Waals surface area contributed by atoms with E-state index in [0.29, 0.717) is 19.0 Å². The summed E-state index contributed by atoms with van der Waals surface area (Å²) in [7, 11) is 0. The summed E-state index contributed by atoms with van der Waals surface area (Å²) >= 11 is 2.91. The minimum Gasteiger partial charge on any atom is -0.486 e. The third-order valence-electron chi connectivity index (χ3n) is 2.58. The molecule has 2 heterocycles. The van der Waals surface area contributed by atoms with Gasteiger partial charge in [0.25, 0.3) is 0 Å². The summed E-state index contributed by atoms with van der Waals surface area (Å²) in [5, 5.41) is 4.84. The second kappa shape index (κ2) is 5.64. The zero-order valence-electron chi connectivity index (χ0n) is 9.96. The highest BCUT2D eigenvalue weighted by atomic mass is 32.2. The van der Waals surface area contributed by atoms with E-state index in [0.717, 1.165) is 27.1 Å². The SMILES string of the molecule is NNc1snnc1CSc1ccc2c(c1)OCCO2. The van der Waals surface area contributed by atoms with Crippen LogP contribution in [-0.4, -0.2) is 22.8 Å². The Kier molecular flexibility index (Phi) is 3.72. The zero-order valence-corrected chi connectivity index (χ0v) is 11.6. The van der Waals surface area contributed by atoms with Crippen LogP contribution in [0.1, 0.15) is 5.69 Å². The average Bonchev–Trinajstić information content (AvgIpc) is 2.92. The molecule has 1 aromatic carbocycles. The lowest BCUT2D eigenvalue weighted by molar-refractivity contribution is 0.171. The highest BCUT2D eigenvalue weighted by Gasteiger charge is 2.13. The number of hydrogen-bond donors (Lipinski definition) is 2. The topological polar surface area (TPSA) is 82.3 Å². The number of anilines is 1.